The van der Waals surface area contributed by atoms with Crippen LogP contribution in [0.3, 0.4) is 0 Å². The molecule has 0 bridgehead atoms. The van der Waals surface area contributed by atoms with Gasteiger partial charge in [-0.05, 0) is 30.4 Å². The Kier molecular flexibility index (Phi) is 5.35. The molecule has 2 rings (SSSR count). The third-order valence-corrected chi connectivity index (χ3v) is 6.12. The first kappa shape index (κ1) is 16.4. The van der Waals surface area contributed by atoms with Gasteiger partial charge in [0.15, 0.2) is 0 Å². The molecule has 1 fully saturated rings. The van der Waals surface area contributed by atoms with E-state index in [2.05, 4.69) is 0 Å². The zero-order valence-electron chi connectivity index (χ0n) is 12.3. The predicted octanol–water partition coefficient (Wildman–Crippen LogP) is 2.27. The van der Waals surface area contributed by atoms with Crippen molar-refractivity contribution in [2.75, 3.05) is 13.1 Å². The van der Waals surface area contributed by atoms with E-state index >= 15 is 0 Å². The van der Waals surface area contributed by atoms with E-state index in [0.717, 1.165) is 18.4 Å². The van der Waals surface area contributed by atoms with Crippen LogP contribution in [-0.2, 0) is 15.8 Å². The number of nitrogens with two attached hydrogens (primary N) is 1. The minimum atomic E-state index is -3.29. The van der Waals surface area contributed by atoms with E-state index in [1.807, 2.05) is 6.92 Å². The van der Waals surface area contributed by atoms with Crippen LogP contribution in [0.2, 0.25) is 0 Å². The Labute approximate surface area is 132 Å². The molecule has 21 heavy (non-hydrogen) atoms. The second kappa shape index (κ2) is 6.85. The number of hydrogen-bond acceptors (Lipinski definition) is 3. The third-order valence-electron chi connectivity index (χ3n) is 3.99. The van der Waals surface area contributed by atoms with E-state index in [-0.39, 0.29) is 10.7 Å². The number of rotatable bonds is 7. The highest BCUT2D eigenvalue weighted by atomic mass is 32.2. The molecule has 116 valence electrons. The summed E-state index contributed by atoms with van der Waals surface area (Å²) in [6.07, 6.45) is 3.50. The van der Waals surface area contributed by atoms with Gasteiger partial charge in [-0.25, -0.2) is 12.7 Å². The summed E-state index contributed by atoms with van der Waals surface area (Å²) in [4.78, 5) is 0.288. The highest BCUT2D eigenvalue weighted by Gasteiger charge is 2.27. The molecule has 4 nitrogen and oxygen atoms in total. The first-order valence-electron chi connectivity index (χ1n) is 7.29. The van der Waals surface area contributed by atoms with Crippen molar-refractivity contribution in [3.05, 3.63) is 35.4 Å². The van der Waals surface area contributed by atoms with Crippen molar-refractivity contribution in [2.45, 2.75) is 31.9 Å². The van der Waals surface area contributed by atoms with Crippen LogP contribution in [0.4, 0.5) is 0 Å². The zero-order chi connectivity index (χ0) is 15.5. The fourth-order valence-electron chi connectivity index (χ4n) is 2.52. The number of sulfonamides is 1. The van der Waals surface area contributed by atoms with Gasteiger partial charge in [-0.1, -0.05) is 43.8 Å². The molecule has 1 aromatic carbocycles. The maximum Gasteiger partial charge on any atom is 0.218 e. The van der Waals surface area contributed by atoms with Crippen LogP contribution in [0.5, 0.6) is 0 Å². The molecule has 0 atom stereocenters. The average Bonchev–Trinajstić information content (AvgIpc) is 2.36. The number of benzene rings is 1. The van der Waals surface area contributed by atoms with Gasteiger partial charge >= 0.3 is 0 Å². The number of nitrogens with zero attached hydrogens (tertiary/aromatic N) is 1. The molecule has 0 aliphatic heterocycles. The Hall–Kier alpha value is -0.980. The van der Waals surface area contributed by atoms with Gasteiger partial charge in [-0.2, -0.15) is 0 Å². The molecule has 0 aromatic heterocycles. The van der Waals surface area contributed by atoms with Crippen molar-refractivity contribution in [3.8, 4) is 0 Å². The minimum Gasteiger partial charge on any atom is -0.389 e. The van der Waals surface area contributed by atoms with E-state index in [0.29, 0.717) is 24.6 Å². The zero-order valence-corrected chi connectivity index (χ0v) is 13.9. The van der Waals surface area contributed by atoms with E-state index in [9.17, 15) is 8.42 Å². The summed E-state index contributed by atoms with van der Waals surface area (Å²) in [6, 6.07) is 7.15. The second-order valence-electron chi connectivity index (χ2n) is 5.57. The summed E-state index contributed by atoms with van der Waals surface area (Å²) in [5, 5.41) is 0. The maximum absolute atomic E-state index is 12.5. The molecule has 1 saturated carbocycles. The minimum absolute atomic E-state index is 0.00398. The molecule has 0 heterocycles. The first-order valence-corrected chi connectivity index (χ1v) is 9.30. The predicted molar refractivity (Wildman–Crippen MR) is 89.5 cm³/mol. The summed E-state index contributed by atoms with van der Waals surface area (Å²) in [7, 11) is -3.29. The summed E-state index contributed by atoms with van der Waals surface area (Å²) in [6.45, 7) is 3.06. The van der Waals surface area contributed by atoms with Crippen molar-refractivity contribution < 1.29 is 8.42 Å². The van der Waals surface area contributed by atoms with Crippen molar-refractivity contribution in [3.63, 3.8) is 0 Å². The summed E-state index contributed by atoms with van der Waals surface area (Å²) in [5.74, 6) is 0.534. The Morgan fingerprint density at radius 1 is 1.43 bits per heavy atom. The molecule has 1 aromatic rings. The Morgan fingerprint density at radius 3 is 2.67 bits per heavy atom. The molecule has 0 saturated heterocycles. The highest BCUT2D eigenvalue weighted by molar-refractivity contribution is 7.88. The monoisotopic (exact) mass is 326 g/mol. The maximum atomic E-state index is 12.5. The lowest BCUT2D eigenvalue weighted by atomic mass is 9.85. The highest BCUT2D eigenvalue weighted by Crippen LogP contribution is 2.28. The normalized spacial score (nSPS) is 15.9. The third kappa shape index (κ3) is 4.25. The molecule has 1 aliphatic rings. The van der Waals surface area contributed by atoms with Crippen molar-refractivity contribution in [1.82, 2.24) is 4.31 Å². The molecule has 0 unspecified atom stereocenters. The molecule has 0 spiro atoms. The Morgan fingerprint density at radius 2 is 2.14 bits per heavy atom. The van der Waals surface area contributed by atoms with Crippen LogP contribution in [0.1, 0.15) is 37.3 Å². The van der Waals surface area contributed by atoms with E-state index in [4.69, 9.17) is 18.0 Å². The summed E-state index contributed by atoms with van der Waals surface area (Å²) in [5.41, 5.74) is 7.03. The van der Waals surface area contributed by atoms with Crippen molar-refractivity contribution >= 4 is 27.2 Å². The van der Waals surface area contributed by atoms with Crippen molar-refractivity contribution in [2.24, 2.45) is 11.7 Å². The fraction of sp³-hybridized carbons (Fsp3) is 0.533. The van der Waals surface area contributed by atoms with Gasteiger partial charge in [0.2, 0.25) is 10.0 Å². The smallest absolute Gasteiger partial charge is 0.218 e. The van der Waals surface area contributed by atoms with Crippen LogP contribution in [-0.4, -0.2) is 30.8 Å². The Balaban J connectivity index is 2.11. The molecular formula is C15H22N2O2S2. The van der Waals surface area contributed by atoms with Crippen LogP contribution in [0, 0.1) is 5.92 Å². The lowest BCUT2D eigenvalue weighted by molar-refractivity contribution is 0.250. The lowest BCUT2D eigenvalue weighted by Crippen LogP contribution is -2.37. The second-order valence-corrected chi connectivity index (χ2v) is 7.98. The molecule has 2 N–H and O–H groups in total. The van der Waals surface area contributed by atoms with E-state index in [1.165, 1.54) is 6.42 Å². The van der Waals surface area contributed by atoms with Crippen LogP contribution >= 0.6 is 12.2 Å². The van der Waals surface area contributed by atoms with Crippen LogP contribution < -0.4 is 5.73 Å². The van der Waals surface area contributed by atoms with Crippen LogP contribution in [0.25, 0.3) is 0 Å². The van der Waals surface area contributed by atoms with E-state index < -0.39 is 10.0 Å². The summed E-state index contributed by atoms with van der Waals surface area (Å²) < 4.78 is 26.7. The van der Waals surface area contributed by atoms with Gasteiger partial charge in [0.25, 0.3) is 0 Å². The first-order chi connectivity index (χ1) is 9.92. The Bertz CT molecular complexity index is 610. The standard InChI is InChI=1S/C15H22N2O2S2/c1-2-17(10-12-5-3-6-12)21(18,19)11-13-7-4-8-14(9-13)15(16)20/h4,7-9,12H,2-3,5-6,10-11H2,1H3,(H2,16,20). The molecule has 1 aliphatic carbocycles. The largest absolute Gasteiger partial charge is 0.389 e. The van der Waals surface area contributed by atoms with Gasteiger partial charge in [0.1, 0.15) is 4.99 Å². The average molecular weight is 326 g/mol. The molecule has 0 amide bonds. The van der Waals surface area contributed by atoms with Gasteiger partial charge in [0.05, 0.1) is 5.75 Å². The van der Waals surface area contributed by atoms with E-state index in [1.54, 1.807) is 28.6 Å². The number of hydrogen-bond donors (Lipinski definition) is 1. The quantitative estimate of drug-likeness (QED) is 0.781. The van der Waals surface area contributed by atoms with Gasteiger partial charge < -0.3 is 5.73 Å². The number of thiocarbonyl (C=S) groups is 1. The lowest BCUT2D eigenvalue weighted by Gasteiger charge is -2.31. The van der Waals surface area contributed by atoms with Gasteiger partial charge in [-0.3, -0.25) is 0 Å². The molecule has 6 heteroatoms. The fourth-order valence-corrected chi connectivity index (χ4v) is 4.26. The van der Waals surface area contributed by atoms with Crippen molar-refractivity contribution in [1.29, 1.82) is 0 Å². The van der Waals surface area contributed by atoms with Gasteiger partial charge in [0, 0.05) is 18.7 Å². The molecule has 0 radical (unpaired) electrons. The topological polar surface area (TPSA) is 63.4 Å². The molecular weight excluding hydrogens is 304 g/mol. The van der Waals surface area contributed by atoms with Crippen LogP contribution in [0.15, 0.2) is 24.3 Å². The SMILES string of the molecule is CCN(CC1CCC1)S(=O)(=O)Cc1cccc(C(N)=S)c1. The summed E-state index contributed by atoms with van der Waals surface area (Å²) >= 11 is 4.94. The van der Waals surface area contributed by atoms with Gasteiger partial charge in [-0.15, -0.1) is 0 Å².